The van der Waals surface area contributed by atoms with Crippen LogP contribution < -0.4 is 5.32 Å². The van der Waals surface area contributed by atoms with Gasteiger partial charge in [-0.1, -0.05) is 12.8 Å². The highest BCUT2D eigenvalue weighted by Gasteiger charge is 2.22. The van der Waals surface area contributed by atoms with Crippen LogP contribution in [0.1, 0.15) is 38.3 Å². The Hall–Kier alpha value is -1.47. The maximum absolute atomic E-state index is 12.3. The molecule has 0 aliphatic carbocycles. The van der Waals surface area contributed by atoms with Gasteiger partial charge in [0.2, 0.25) is 5.91 Å². The Kier molecular flexibility index (Phi) is 6.33. The summed E-state index contributed by atoms with van der Waals surface area (Å²) in [6.07, 6.45) is 4.92. The molecule has 1 aromatic rings. The lowest BCUT2D eigenvalue weighted by atomic mass is 10.2. The van der Waals surface area contributed by atoms with Gasteiger partial charge in [-0.25, -0.2) is 4.98 Å². The summed E-state index contributed by atoms with van der Waals surface area (Å²) in [6, 6.07) is -0.161. The van der Waals surface area contributed by atoms with E-state index in [4.69, 9.17) is 0 Å². The van der Waals surface area contributed by atoms with Crippen LogP contribution in [0.3, 0.4) is 0 Å². The summed E-state index contributed by atoms with van der Waals surface area (Å²) in [6.45, 7) is 3.88. The molecule has 122 valence electrons. The number of esters is 1. The fourth-order valence-electron chi connectivity index (χ4n) is 2.52. The van der Waals surface area contributed by atoms with Crippen LogP contribution in [-0.2, 0) is 20.7 Å². The molecule has 0 aromatic carbocycles. The number of rotatable bonds is 5. The van der Waals surface area contributed by atoms with Gasteiger partial charge in [0.15, 0.2) is 5.13 Å². The van der Waals surface area contributed by atoms with E-state index >= 15 is 0 Å². The van der Waals surface area contributed by atoms with E-state index in [0.29, 0.717) is 10.8 Å². The van der Waals surface area contributed by atoms with Crippen LogP contribution in [0, 0.1) is 0 Å². The topological polar surface area (TPSA) is 71.5 Å². The van der Waals surface area contributed by atoms with Gasteiger partial charge in [-0.05, 0) is 32.9 Å². The third-order valence-corrected chi connectivity index (χ3v) is 4.71. The summed E-state index contributed by atoms with van der Waals surface area (Å²) in [5, 5.41) is 5.15. The number of carbonyl (C=O) groups is 2. The molecule has 0 bridgehead atoms. The third-order valence-electron chi connectivity index (χ3n) is 3.90. The molecule has 1 unspecified atom stereocenters. The average molecular weight is 325 g/mol. The molecular weight excluding hydrogens is 302 g/mol. The Morgan fingerprint density at radius 3 is 2.68 bits per heavy atom. The Balaban J connectivity index is 1.89. The van der Waals surface area contributed by atoms with Crippen LogP contribution in [0.15, 0.2) is 5.38 Å². The van der Waals surface area contributed by atoms with Crippen molar-refractivity contribution in [3.05, 3.63) is 11.1 Å². The maximum atomic E-state index is 12.3. The number of ether oxygens (including phenoxy) is 1. The number of nitrogens with zero attached hydrogens (tertiary/aromatic N) is 2. The van der Waals surface area contributed by atoms with Gasteiger partial charge in [-0.15, -0.1) is 11.3 Å². The van der Waals surface area contributed by atoms with Crippen LogP contribution >= 0.6 is 11.3 Å². The number of carbonyl (C=O) groups excluding carboxylic acids is 2. The second-order valence-electron chi connectivity index (χ2n) is 5.51. The van der Waals surface area contributed by atoms with Gasteiger partial charge in [0.05, 0.1) is 25.3 Å². The van der Waals surface area contributed by atoms with Crippen molar-refractivity contribution >= 4 is 28.3 Å². The minimum Gasteiger partial charge on any atom is -0.469 e. The molecule has 22 heavy (non-hydrogen) atoms. The van der Waals surface area contributed by atoms with Gasteiger partial charge in [0.25, 0.3) is 0 Å². The second kappa shape index (κ2) is 8.24. The number of thiazole rings is 1. The molecule has 1 aliphatic rings. The molecule has 7 heteroatoms. The molecule has 0 spiro atoms. The first-order valence-corrected chi connectivity index (χ1v) is 8.54. The largest absolute Gasteiger partial charge is 0.469 e. The van der Waals surface area contributed by atoms with E-state index < -0.39 is 0 Å². The maximum Gasteiger partial charge on any atom is 0.311 e. The van der Waals surface area contributed by atoms with Crippen molar-refractivity contribution in [1.29, 1.82) is 0 Å². The van der Waals surface area contributed by atoms with Crippen LogP contribution in [0.4, 0.5) is 5.13 Å². The molecule has 1 N–H and O–H groups in total. The van der Waals surface area contributed by atoms with Crippen molar-refractivity contribution in [2.24, 2.45) is 0 Å². The smallest absolute Gasteiger partial charge is 0.311 e. The predicted molar refractivity (Wildman–Crippen MR) is 86.0 cm³/mol. The van der Waals surface area contributed by atoms with E-state index in [-0.39, 0.29) is 24.3 Å². The lowest BCUT2D eigenvalue weighted by molar-refractivity contribution is -0.139. The van der Waals surface area contributed by atoms with E-state index in [2.05, 4.69) is 19.9 Å². The molecule has 1 aliphatic heterocycles. The van der Waals surface area contributed by atoms with E-state index in [1.807, 2.05) is 6.92 Å². The van der Waals surface area contributed by atoms with E-state index in [0.717, 1.165) is 25.9 Å². The van der Waals surface area contributed by atoms with Crippen LogP contribution in [0.5, 0.6) is 0 Å². The number of hydrogen-bond acceptors (Lipinski definition) is 6. The molecule has 6 nitrogen and oxygen atoms in total. The summed E-state index contributed by atoms with van der Waals surface area (Å²) in [5.41, 5.74) is 0.620. The first kappa shape index (κ1) is 16.9. The molecule has 1 aromatic heterocycles. The monoisotopic (exact) mass is 325 g/mol. The zero-order chi connectivity index (χ0) is 15.9. The molecule has 0 saturated carbocycles. The van der Waals surface area contributed by atoms with E-state index in [9.17, 15) is 9.59 Å². The summed E-state index contributed by atoms with van der Waals surface area (Å²) >= 11 is 1.33. The number of methoxy groups -OCH3 is 1. The minimum absolute atomic E-state index is 0.0409. The van der Waals surface area contributed by atoms with Crippen molar-refractivity contribution in [1.82, 2.24) is 9.88 Å². The summed E-state index contributed by atoms with van der Waals surface area (Å²) < 4.78 is 4.61. The Morgan fingerprint density at radius 2 is 2.05 bits per heavy atom. The van der Waals surface area contributed by atoms with E-state index in [1.165, 1.54) is 31.3 Å². The Bertz CT molecular complexity index is 510. The lowest BCUT2D eigenvalue weighted by Gasteiger charge is -2.26. The highest BCUT2D eigenvalue weighted by atomic mass is 32.1. The van der Waals surface area contributed by atoms with Gasteiger partial charge in [-0.2, -0.15) is 0 Å². The van der Waals surface area contributed by atoms with Crippen molar-refractivity contribution in [2.75, 3.05) is 25.5 Å². The Labute approximate surface area is 134 Å². The molecule has 2 rings (SSSR count). The van der Waals surface area contributed by atoms with Crippen molar-refractivity contribution in [3.63, 3.8) is 0 Å². The summed E-state index contributed by atoms with van der Waals surface area (Å²) in [7, 11) is 1.35. The fourth-order valence-corrected chi connectivity index (χ4v) is 3.24. The first-order chi connectivity index (χ1) is 10.6. The SMILES string of the molecule is COC(=O)Cc1csc(NC(=O)C(C)N2CCCCCC2)n1. The highest BCUT2D eigenvalue weighted by Crippen LogP contribution is 2.18. The summed E-state index contributed by atoms with van der Waals surface area (Å²) in [5.74, 6) is -0.373. The molecule has 2 heterocycles. The van der Waals surface area contributed by atoms with Crippen molar-refractivity contribution < 1.29 is 14.3 Å². The zero-order valence-corrected chi connectivity index (χ0v) is 13.9. The number of amides is 1. The number of aromatic nitrogens is 1. The van der Waals surface area contributed by atoms with Crippen LogP contribution in [0.2, 0.25) is 0 Å². The Morgan fingerprint density at radius 1 is 1.36 bits per heavy atom. The minimum atomic E-state index is -0.332. The number of nitrogens with one attached hydrogen (secondary N) is 1. The van der Waals surface area contributed by atoms with Gasteiger partial charge < -0.3 is 10.1 Å². The quantitative estimate of drug-likeness (QED) is 0.839. The fraction of sp³-hybridized carbons (Fsp3) is 0.667. The number of likely N-dealkylation sites (tertiary alicyclic amines) is 1. The van der Waals surface area contributed by atoms with Gasteiger partial charge in [-0.3, -0.25) is 14.5 Å². The predicted octanol–water partition coefficient (Wildman–Crippen LogP) is 2.06. The molecule has 1 fully saturated rings. The van der Waals surface area contributed by atoms with Crippen molar-refractivity contribution in [2.45, 2.75) is 45.1 Å². The molecule has 1 atom stereocenters. The van der Waals surface area contributed by atoms with Crippen LogP contribution in [-0.4, -0.2) is 48.0 Å². The molecule has 1 amide bonds. The number of hydrogen-bond donors (Lipinski definition) is 1. The third kappa shape index (κ3) is 4.78. The van der Waals surface area contributed by atoms with Gasteiger partial charge in [0.1, 0.15) is 0 Å². The second-order valence-corrected chi connectivity index (χ2v) is 6.37. The summed E-state index contributed by atoms with van der Waals surface area (Å²) in [4.78, 5) is 30.0. The number of anilines is 1. The zero-order valence-electron chi connectivity index (χ0n) is 13.1. The normalized spacial score (nSPS) is 17.5. The molecular formula is C15H23N3O3S. The van der Waals surface area contributed by atoms with E-state index in [1.54, 1.807) is 5.38 Å². The lowest BCUT2D eigenvalue weighted by Crippen LogP contribution is -2.42. The van der Waals surface area contributed by atoms with Crippen LogP contribution in [0.25, 0.3) is 0 Å². The first-order valence-electron chi connectivity index (χ1n) is 7.66. The molecule has 1 saturated heterocycles. The van der Waals surface area contributed by atoms with Gasteiger partial charge in [0, 0.05) is 5.38 Å². The standard InChI is InChI=1S/C15H23N3O3S/c1-11(18-7-5-3-4-6-8-18)14(20)17-15-16-12(10-22-15)9-13(19)21-2/h10-11H,3-9H2,1-2H3,(H,16,17,20). The average Bonchev–Trinajstić information content (AvgIpc) is 2.78. The molecule has 0 radical (unpaired) electrons. The highest BCUT2D eigenvalue weighted by molar-refractivity contribution is 7.13. The van der Waals surface area contributed by atoms with Crippen molar-refractivity contribution in [3.8, 4) is 0 Å². The van der Waals surface area contributed by atoms with Gasteiger partial charge >= 0.3 is 5.97 Å².